The van der Waals surface area contributed by atoms with Gasteiger partial charge in [0.15, 0.2) is 0 Å². The number of anilines is 1. The summed E-state index contributed by atoms with van der Waals surface area (Å²) < 4.78 is 13.6. The minimum Gasteiger partial charge on any atom is -0.481 e. The lowest BCUT2D eigenvalue weighted by Gasteiger charge is -2.27. The normalized spacial score (nSPS) is 22.3. The van der Waals surface area contributed by atoms with Crippen molar-refractivity contribution in [1.29, 1.82) is 0 Å². The second-order valence-corrected chi connectivity index (χ2v) is 5.39. The molecule has 1 amide bonds. The van der Waals surface area contributed by atoms with Crippen molar-refractivity contribution in [3.63, 3.8) is 0 Å². The van der Waals surface area contributed by atoms with Crippen LogP contribution in [0.5, 0.6) is 0 Å². The van der Waals surface area contributed by atoms with Crippen LogP contribution in [0.25, 0.3) is 0 Å². The third-order valence-electron chi connectivity index (χ3n) is 3.61. The number of halogens is 2. The van der Waals surface area contributed by atoms with E-state index in [4.69, 9.17) is 16.7 Å². The van der Waals surface area contributed by atoms with E-state index in [-0.39, 0.29) is 5.69 Å². The summed E-state index contributed by atoms with van der Waals surface area (Å²) in [4.78, 5) is 23.3. The molecule has 0 saturated heterocycles. The quantitative estimate of drug-likeness (QED) is 0.900. The van der Waals surface area contributed by atoms with Gasteiger partial charge >= 0.3 is 5.97 Å². The van der Waals surface area contributed by atoms with Crippen LogP contribution >= 0.6 is 11.6 Å². The molecular weight excluding hydrogens is 285 g/mol. The van der Waals surface area contributed by atoms with E-state index >= 15 is 0 Å². The van der Waals surface area contributed by atoms with Crippen LogP contribution < -0.4 is 5.32 Å². The number of benzene rings is 1. The van der Waals surface area contributed by atoms with Crippen LogP contribution in [-0.4, -0.2) is 17.0 Å². The molecule has 108 valence electrons. The zero-order chi connectivity index (χ0) is 14.7. The molecule has 1 aliphatic carbocycles. The molecule has 1 saturated carbocycles. The van der Waals surface area contributed by atoms with Crippen molar-refractivity contribution in [2.75, 3.05) is 5.32 Å². The number of amides is 1. The topological polar surface area (TPSA) is 66.4 Å². The van der Waals surface area contributed by atoms with E-state index in [0.717, 1.165) is 18.9 Å². The van der Waals surface area contributed by atoms with Gasteiger partial charge in [-0.15, -0.1) is 0 Å². The van der Waals surface area contributed by atoms with E-state index in [9.17, 15) is 14.0 Å². The summed E-state index contributed by atoms with van der Waals surface area (Å²) in [5.41, 5.74) is -0.0165. The summed E-state index contributed by atoms with van der Waals surface area (Å²) in [6.45, 7) is 0. The van der Waals surface area contributed by atoms with Gasteiger partial charge in [-0.05, 0) is 31.0 Å². The van der Waals surface area contributed by atoms with Gasteiger partial charge in [-0.25, -0.2) is 4.39 Å². The van der Waals surface area contributed by atoms with Crippen molar-refractivity contribution in [2.45, 2.75) is 25.7 Å². The first-order valence-corrected chi connectivity index (χ1v) is 6.85. The standard InChI is InChI=1S/C14H15ClFNO3/c15-8-5-6-11(16)12(7-8)17-13(18)9-3-1-2-4-10(9)14(19)20/h5-7,9-10H,1-4H2,(H,17,18)(H,19,20)/t9-,10+/m1/s1. The van der Waals surface area contributed by atoms with E-state index in [1.54, 1.807) is 0 Å². The van der Waals surface area contributed by atoms with Crippen LogP contribution in [0.4, 0.5) is 10.1 Å². The molecule has 2 rings (SSSR count). The summed E-state index contributed by atoms with van der Waals surface area (Å²) in [5.74, 6) is -3.36. The number of carbonyl (C=O) groups is 2. The first kappa shape index (κ1) is 14.8. The second-order valence-electron chi connectivity index (χ2n) is 4.95. The van der Waals surface area contributed by atoms with E-state index < -0.39 is 29.5 Å². The van der Waals surface area contributed by atoms with Gasteiger partial charge < -0.3 is 10.4 Å². The molecule has 1 aromatic rings. The van der Waals surface area contributed by atoms with Crippen LogP contribution in [0.2, 0.25) is 5.02 Å². The lowest BCUT2D eigenvalue weighted by atomic mass is 9.78. The molecule has 2 atom stereocenters. The van der Waals surface area contributed by atoms with Gasteiger partial charge in [0.1, 0.15) is 5.82 Å². The van der Waals surface area contributed by atoms with E-state index in [2.05, 4.69) is 5.32 Å². The third-order valence-corrected chi connectivity index (χ3v) is 3.84. The Kier molecular flexibility index (Phi) is 4.60. The fourth-order valence-electron chi connectivity index (χ4n) is 2.56. The minimum atomic E-state index is -0.976. The van der Waals surface area contributed by atoms with Gasteiger partial charge in [-0.3, -0.25) is 9.59 Å². The Morgan fingerprint density at radius 2 is 1.90 bits per heavy atom. The average Bonchev–Trinajstić information content (AvgIpc) is 2.42. The predicted molar refractivity (Wildman–Crippen MR) is 73.1 cm³/mol. The zero-order valence-corrected chi connectivity index (χ0v) is 11.5. The van der Waals surface area contributed by atoms with Gasteiger partial charge in [0.2, 0.25) is 5.91 Å². The van der Waals surface area contributed by atoms with Gasteiger partial charge in [0.25, 0.3) is 0 Å². The van der Waals surface area contributed by atoms with Gasteiger partial charge in [0.05, 0.1) is 17.5 Å². The minimum absolute atomic E-state index is 0.0165. The van der Waals surface area contributed by atoms with E-state index in [0.29, 0.717) is 17.9 Å². The van der Waals surface area contributed by atoms with Gasteiger partial charge in [-0.1, -0.05) is 24.4 Å². The van der Waals surface area contributed by atoms with Crippen LogP contribution in [0.15, 0.2) is 18.2 Å². The Morgan fingerprint density at radius 3 is 2.55 bits per heavy atom. The highest BCUT2D eigenvalue weighted by atomic mass is 35.5. The van der Waals surface area contributed by atoms with E-state index in [1.807, 2.05) is 0 Å². The highest BCUT2D eigenvalue weighted by molar-refractivity contribution is 6.30. The van der Waals surface area contributed by atoms with Crippen LogP contribution in [-0.2, 0) is 9.59 Å². The summed E-state index contributed by atoms with van der Waals surface area (Å²) in [7, 11) is 0. The zero-order valence-electron chi connectivity index (χ0n) is 10.7. The smallest absolute Gasteiger partial charge is 0.307 e. The molecule has 0 radical (unpaired) electrons. The second kappa shape index (κ2) is 6.22. The van der Waals surface area contributed by atoms with Crippen LogP contribution in [0, 0.1) is 17.7 Å². The number of rotatable bonds is 3. The molecule has 0 aromatic heterocycles. The Labute approximate surface area is 120 Å². The Hall–Kier alpha value is -1.62. The molecule has 0 heterocycles. The first-order valence-electron chi connectivity index (χ1n) is 6.48. The fourth-order valence-corrected chi connectivity index (χ4v) is 2.73. The predicted octanol–water partition coefficient (Wildman–Crippen LogP) is 3.31. The molecule has 0 aliphatic heterocycles. The van der Waals surface area contributed by atoms with Crippen LogP contribution in [0.1, 0.15) is 25.7 Å². The fraction of sp³-hybridized carbons (Fsp3) is 0.429. The maximum atomic E-state index is 13.6. The van der Waals surface area contributed by atoms with Crippen LogP contribution in [0.3, 0.4) is 0 Å². The first-order chi connectivity index (χ1) is 9.49. The Balaban J connectivity index is 2.14. The highest BCUT2D eigenvalue weighted by Gasteiger charge is 2.35. The highest BCUT2D eigenvalue weighted by Crippen LogP contribution is 2.31. The summed E-state index contributed by atoms with van der Waals surface area (Å²) >= 11 is 5.75. The van der Waals surface area contributed by atoms with Gasteiger partial charge in [-0.2, -0.15) is 0 Å². The lowest BCUT2D eigenvalue weighted by molar-refractivity contribution is -0.147. The molecular formula is C14H15ClFNO3. The molecule has 0 bridgehead atoms. The maximum absolute atomic E-state index is 13.6. The Morgan fingerprint density at radius 1 is 1.25 bits per heavy atom. The summed E-state index contributed by atoms with van der Waals surface area (Å²) in [6.07, 6.45) is 2.59. The number of carboxylic acid groups (broad SMARTS) is 1. The molecule has 1 fully saturated rings. The van der Waals surface area contributed by atoms with Crippen molar-refractivity contribution in [3.05, 3.63) is 29.0 Å². The van der Waals surface area contributed by atoms with E-state index in [1.165, 1.54) is 12.1 Å². The molecule has 2 N–H and O–H groups in total. The van der Waals surface area contributed by atoms with Gasteiger partial charge in [0, 0.05) is 5.02 Å². The van der Waals surface area contributed by atoms with Crippen molar-refractivity contribution in [2.24, 2.45) is 11.8 Å². The SMILES string of the molecule is O=C(O)[C@H]1CCCC[C@H]1C(=O)Nc1cc(Cl)ccc1F. The Bertz CT molecular complexity index is 535. The largest absolute Gasteiger partial charge is 0.481 e. The number of nitrogens with one attached hydrogen (secondary N) is 1. The number of hydrogen-bond acceptors (Lipinski definition) is 2. The molecule has 1 aliphatic rings. The molecule has 6 heteroatoms. The average molecular weight is 300 g/mol. The summed E-state index contributed by atoms with van der Waals surface area (Å²) in [6, 6.07) is 3.86. The molecule has 20 heavy (non-hydrogen) atoms. The molecule has 1 aromatic carbocycles. The molecule has 0 spiro atoms. The summed E-state index contributed by atoms with van der Waals surface area (Å²) in [5, 5.41) is 11.9. The molecule has 0 unspecified atom stereocenters. The number of hydrogen-bond donors (Lipinski definition) is 2. The number of carbonyl (C=O) groups excluding carboxylic acids is 1. The van der Waals surface area contributed by atoms with Crippen molar-refractivity contribution in [3.8, 4) is 0 Å². The maximum Gasteiger partial charge on any atom is 0.307 e. The lowest BCUT2D eigenvalue weighted by Crippen LogP contribution is -2.36. The third kappa shape index (κ3) is 3.28. The monoisotopic (exact) mass is 299 g/mol. The van der Waals surface area contributed by atoms with Crippen molar-refractivity contribution in [1.82, 2.24) is 0 Å². The van der Waals surface area contributed by atoms with Crippen molar-refractivity contribution >= 4 is 29.2 Å². The molecule has 4 nitrogen and oxygen atoms in total. The number of aliphatic carboxylic acids is 1. The van der Waals surface area contributed by atoms with Crippen molar-refractivity contribution < 1.29 is 19.1 Å². The number of carboxylic acids is 1.